The Bertz CT molecular complexity index is 448. The van der Waals surface area contributed by atoms with Crippen LogP contribution in [0.1, 0.15) is 10.4 Å². The number of carbonyl (C=O) groups is 1. The van der Waals surface area contributed by atoms with E-state index in [4.69, 9.17) is 4.74 Å². The molecule has 0 aliphatic rings. The van der Waals surface area contributed by atoms with E-state index in [0.29, 0.717) is 24.4 Å². The fourth-order valence-electron chi connectivity index (χ4n) is 1.41. The summed E-state index contributed by atoms with van der Waals surface area (Å²) in [5, 5.41) is 16.1. The molecular formula is C11H15N3O4. The van der Waals surface area contributed by atoms with E-state index in [-0.39, 0.29) is 11.6 Å². The number of ether oxygens (including phenoxy) is 1. The molecule has 0 aromatic heterocycles. The zero-order valence-corrected chi connectivity index (χ0v) is 10.2. The maximum atomic E-state index is 11.7. The van der Waals surface area contributed by atoms with E-state index < -0.39 is 4.92 Å². The molecule has 18 heavy (non-hydrogen) atoms. The van der Waals surface area contributed by atoms with Crippen molar-refractivity contribution in [2.75, 3.05) is 32.6 Å². The van der Waals surface area contributed by atoms with E-state index in [9.17, 15) is 14.9 Å². The molecular weight excluding hydrogens is 238 g/mol. The van der Waals surface area contributed by atoms with Crippen molar-refractivity contribution in [3.8, 4) is 0 Å². The molecule has 0 fully saturated rings. The van der Waals surface area contributed by atoms with Crippen LogP contribution in [0.15, 0.2) is 18.2 Å². The van der Waals surface area contributed by atoms with Crippen LogP contribution in [0.5, 0.6) is 0 Å². The summed E-state index contributed by atoms with van der Waals surface area (Å²) in [5.74, 6) is -0.293. The van der Waals surface area contributed by atoms with Crippen molar-refractivity contribution in [3.63, 3.8) is 0 Å². The first-order valence-electron chi connectivity index (χ1n) is 5.33. The lowest BCUT2D eigenvalue weighted by molar-refractivity contribution is -0.383. The summed E-state index contributed by atoms with van der Waals surface area (Å²) in [4.78, 5) is 21.9. The third kappa shape index (κ3) is 3.42. The number of nitrogens with one attached hydrogen (secondary N) is 2. The SMILES string of the molecule is CNc1cc(C(=O)NCCOC)ccc1[N+](=O)[O-]. The molecule has 0 saturated heterocycles. The summed E-state index contributed by atoms with van der Waals surface area (Å²) in [6.45, 7) is 0.804. The number of nitro groups is 1. The summed E-state index contributed by atoms with van der Waals surface area (Å²) < 4.78 is 4.81. The summed E-state index contributed by atoms with van der Waals surface area (Å²) in [6.07, 6.45) is 0. The van der Waals surface area contributed by atoms with Crippen molar-refractivity contribution < 1.29 is 14.5 Å². The van der Waals surface area contributed by atoms with Gasteiger partial charge in [-0.2, -0.15) is 0 Å². The third-order valence-corrected chi connectivity index (χ3v) is 2.32. The maximum absolute atomic E-state index is 11.7. The Labute approximate surface area is 104 Å². The summed E-state index contributed by atoms with van der Waals surface area (Å²) in [7, 11) is 3.10. The average molecular weight is 253 g/mol. The van der Waals surface area contributed by atoms with Crippen LogP contribution in [-0.2, 0) is 4.74 Å². The second-order valence-electron chi connectivity index (χ2n) is 3.49. The lowest BCUT2D eigenvalue weighted by Crippen LogP contribution is -2.26. The number of hydrogen-bond donors (Lipinski definition) is 2. The molecule has 1 rings (SSSR count). The molecule has 0 saturated carbocycles. The molecule has 0 aliphatic carbocycles. The Kier molecular flexibility index (Phi) is 5.06. The zero-order chi connectivity index (χ0) is 13.5. The lowest BCUT2D eigenvalue weighted by Gasteiger charge is -2.07. The van der Waals surface area contributed by atoms with E-state index in [0.717, 1.165) is 0 Å². The van der Waals surface area contributed by atoms with Crippen molar-refractivity contribution in [3.05, 3.63) is 33.9 Å². The fourth-order valence-corrected chi connectivity index (χ4v) is 1.41. The molecule has 0 unspecified atom stereocenters. The fraction of sp³-hybridized carbons (Fsp3) is 0.364. The van der Waals surface area contributed by atoms with Gasteiger partial charge < -0.3 is 15.4 Å². The number of anilines is 1. The normalized spacial score (nSPS) is 9.89. The highest BCUT2D eigenvalue weighted by molar-refractivity contribution is 5.95. The van der Waals surface area contributed by atoms with Gasteiger partial charge in [0.1, 0.15) is 5.69 Å². The molecule has 98 valence electrons. The van der Waals surface area contributed by atoms with E-state index >= 15 is 0 Å². The molecule has 1 amide bonds. The molecule has 2 N–H and O–H groups in total. The van der Waals surface area contributed by atoms with Crippen LogP contribution in [0.4, 0.5) is 11.4 Å². The van der Waals surface area contributed by atoms with Gasteiger partial charge in [0, 0.05) is 32.3 Å². The van der Waals surface area contributed by atoms with Crippen molar-refractivity contribution in [1.82, 2.24) is 5.32 Å². The minimum Gasteiger partial charge on any atom is -0.383 e. The molecule has 0 spiro atoms. The average Bonchev–Trinajstić information content (AvgIpc) is 2.37. The largest absolute Gasteiger partial charge is 0.383 e. The maximum Gasteiger partial charge on any atom is 0.292 e. The Morgan fingerprint density at radius 1 is 1.50 bits per heavy atom. The predicted octanol–water partition coefficient (Wildman–Crippen LogP) is 1.01. The number of amides is 1. The highest BCUT2D eigenvalue weighted by Gasteiger charge is 2.15. The Hall–Kier alpha value is -2.15. The minimum atomic E-state index is -0.502. The zero-order valence-electron chi connectivity index (χ0n) is 10.2. The highest BCUT2D eigenvalue weighted by atomic mass is 16.6. The van der Waals surface area contributed by atoms with Gasteiger partial charge in [-0.3, -0.25) is 14.9 Å². The standard InChI is InChI=1S/C11H15N3O4/c1-12-9-7-8(3-4-10(9)14(16)17)11(15)13-5-6-18-2/h3-4,7,12H,5-6H2,1-2H3,(H,13,15). The van der Waals surface area contributed by atoms with Gasteiger partial charge >= 0.3 is 0 Å². The Balaban J connectivity index is 2.85. The van der Waals surface area contributed by atoms with E-state index in [1.54, 1.807) is 7.05 Å². The summed E-state index contributed by atoms with van der Waals surface area (Å²) >= 11 is 0. The number of hydrogen-bond acceptors (Lipinski definition) is 5. The van der Waals surface area contributed by atoms with Gasteiger partial charge in [0.15, 0.2) is 0 Å². The number of carbonyl (C=O) groups excluding carboxylic acids is 1. The van der Waals surface area contributed by atoms with Crippen molar-refractivity contribution >= 4 is 17.3 Å². The number of nitrogens with zero attached hydrogens (tertiary/aromatic N) is 1. The van der Waals surface area contributed by atoms with Gasteiger partial charge in [0.05, 0.1) is 11.5 Å². The van der Waals surface area contributed by atoms with Gasteiger partial charge in [0.2, 0.25) is 0 Å². The van der Waals surface area contributed by atoms with Crippen LogP contribution >= 0.6 is 0 Å². The number of methoxy groups -OCH3 is 1. The first-order chi connectivity index (χ1) is 8.60. The predicted molar refractivity (Wildman–Crippen MR) is 66.9 cm³/mol. The molecule has 7 nitrogen and oxygen atoms in total. The molecule has 0 bridgehead atoms. The second-order valence-corrected chi connectivity index (χ2v) is 3.49. The smallest absolute Gasteiger partial charge is 0.292 e. The van der Waals surface area contributed by atoms with Crippen LogP contribution in [0.25, 0.3) is 0 Å². The first kappa shape index (κ1) is 13.9. The number of nitro benzene ring substituents is 1. The van der Waals surface area contributed by atoms with Crippen molar-refractivity contribution in [2.45, 2.75) is 0 Å². The van der Waals surface area contributed by atoms with Crippen molar-refractivity contribution in [2.24, 2.45) is 0 Å². The second kappa shape index (κ2) is 6.55. The molecule has 0 heterocycles. The van der Waals surface area contributed by atoms with Crippen LogP contribution < -0.4 is 10.6 Å². The summed E-state index contributed by atoms with van der Waals surface area (Å²) in [6, 6.07) is 4.17. The van der Waals surface area contributed by atoms with Gasteiger partial charge in [0.25, 0.3) is 11.6 Å². The van der Waals surface area contributed by atoms with E-state index in [1.165, 1.54) is 25.3 Å². The molecule has 1 aromatic carbocycles. The monoisotopic (exact) mass is 253 g/mol. The van der Waals surface area contributed by atoms with E-state index in [2.05, 4.69) is 10.6 Å². The van der Waals surface area contributed by atoms with Crippen LogP contribution in [0, 0.1) is 10.1 Å². The van der Waals surface area contributed by atoms with Gasteiger partial charge in [-0.05, 0) is 12.1 Å². The van der Waals surface area contributed by atoms with Crippen LogP contribution in [-0.4, -0.2) is 38.1 Å². The number of benzene rings is 1. The first-order valence-corrected chi connectivity index (χ1v) is 5.33. The summed E-state index contributed by atoms with van der Waals surface area (Å²) in [5.41, 5.74) is 0.603. The third-order valence-electron chi connectivity index (χ3n) is 2.32. The van der Waals surface area contributed by atoms with Crippen LogP contribution in [0.2, 0.25) is 0 Å². The highest BCUT2D eigenvalue weighted by Crippen LogP contribution is 2.24. The molecule has 1 aromatic rings. The lowest BCUT2D eigenvalue weighted by atomic mass is 10.1. The van der Waals surface area contributed by atoms with E-state index in [1.807, 2.05) is 0 Å². The Morgan fingerprint density at radius 3 is 2.78 bits per heavy atom. The van der Waals surface area contributed by atoms with Gasteiger partial charge in [-0.1, -0.05) is 0 Å². The minimum absolute atomic E-state index is 0.0639. The van der Waals surface area contributed by atoms with Crippen LogP contribution in [0.3, 0.4) is 0 Å². The molecule has 0 atom stereocenters. The molecule has 7 heteroatoms. The van der Waals surface area contributed by atoms with Gasteiger partial charge in [-0.25, -0.2) is 0 Å². The number of rotatable bonds is 6. The quantitative estimate of drug-likeness (QED) is 0.448. The molecule has 0 radical (unpaired) electrons. The topological polar surface area (TPSA) is 93.5 Å². The van der Waals surface area contributed by atoms with Crippen molar-refractivity contribution in [1.29, 1.82) is 0 Å². The molecule has 0 aliphatic heterocycles. The Morgan fingerprint density at radius 2 is 2.22 bits per heavy atom. The van der Waals surface area contributed by atoms with Gasteiger partial charge in [-0.15, -0.1) is 0 Å².